The molecule has 0 aliphatic carbocycles. The minimum Gasteiger partial charge on any atom is -0.492 e. The summed E-state index contributed by atoms with van der Waals surface area (Å²) in [6.07, 6.45) is 2.87. The van der Waals surface area contributed by atoms with Gasteiger partial charge in [-0.2, -0.15) is 0 Å². The van der Waals surface area contributed by atoms with Crippen molar-refractivity contribution >= 4 is 23.4 Å². The smallest absolute Gasteiger partial charge is 0.146 e. The van der Waals surface area contributed by atoms with E-state index in [4.69, 9.17) is 21.7 Å². The zero-order chi connectivity index (χ0) is 12.1. The van der Waals surface area contributed by atoms with Crippen molar-refractivity contribution in [3.63, 3.8) is 0 Å². The second-order valence-corrected chi connectivity index (χ2v) is 3.76. The number of aromatic nitrogens is 1. The molecule has 2 N–H and O–H groups in total. The summed E-state index contributed by atoms with van der Waals surface area (Å²) in [7, 11) is 0. The lowest BCUT2D eigenvalue weighted by molar-refractivity contribution is 0.253. The first-order valence-electron chi connectivity index (χ1n) is 4.97. The van der Waals surface area contributed by atoms with Gasteiger partial charge in [0.05, 0.1) is 23.5 Å². The van der Waals surface area contributed by atoms with E-state index in [1.165, 1.54) is 6.21 Å². The van der Waals surface area contributed by atoms with E-state index in [0.29, 0.717) is 17.4 Å². The lowest BCUT2D eigenvalue weighted by Crippen LogP contribution is -1.99. The highest BCUT2D eigenvalue weighted by molar-refractivity contribution is 6.30. The molecule has 0 radical (unpaired) electrons. The van der Waals surface area contributed by atoms with E-state index in [1.807, 2.05) is 13.8 Å². The molecule has 0 saturated heterocycles. The van der Waals surface area contributed by atoms with Gasteiger partial charge in [0, 0.05) is 11.8 Å². The van der Waals surface area contributed by atoms with Crippen LogP contribution in [-0.2, 0) is 4.74 Å². The molecule has 0 spiro atoms. The van der Waals surface area contributed by atoms with E-state index in [0.717, 1.165) is 16.8 Å². The van der Waals surface area contributed by atoms with E-state index in [2.05, 4.69) is 11.6 Å². The van der Waals surface area contributed by atoms with Gasteiger partial charge in [-0.3, -0.25) is 0 Å². The number of rotatable bonds is 5. The van der Waals surface area contributed by atoms with Crippen molar-refractivity contribution in [3.05, 3.63) is 40.9 Å². The van der Waals surface area contributed by atoms with Gasteiger partial charge in [-0.1, -0.05) is 18.2 Å². The van der Waals surface area contributed by atoms with E-state index in [-0.39, 0.29) is 0 Å². The lowest BCUT2D eigenvalue weighted by atomic mass is 10.0. The summed E-state index contributed by atoms with van der Waals surface area (Å²) in [6.45, 7) is 8.14. The number of nitrogens with one attached hydrogen (secondary N) is 2. The number of hydrogen-bond donors (Lipinski definition) is 2. The minimum absolute atomic E-state index is 0.494. The quantitative estimate of drug-likeness (QED) is 0.459. The molecule has 0 aliphatic heterocycles. The van der Waals surface area contributed by atoms with Crippen LogP contribution in [0, 0.1) is 5.41 Å². The van der Waals surface area contributed by atoms with Crippen molar-refractivity contribution in [1.82, 2.24) is 4.98 Å². The highest BCUT2D eigenvalue weighted by Crippen LogP contribution is 2.26. The van der Waals surface area contributed by atoms with Crippen LogP contribution in [0.15, 0.2) is 30.2 Å². The van der Waals surface area contributed by atoms with Crippen LogP contribution in [0.5, 0.6) is 0 Å². The number of halogens is 1. The molecule has 0 aromatic carbocycles. The first-order chi connectivity index (χ1) is 7.60. The third kappa shape index (κ3) is 2.76. The number of hydrogen-bond acceptors (Lipinski definition) is 2. The number of aromatic amines is 1. The molecule has 0 saturated carbocycles. The number of allylic oxidation sites excluding steroid dienone is 3. The van der Waals surface area contributed by atoms with Gasteiger partial charge in [-0.15, -0.1) is 0 Å². The van der Waals surface area contributed by atoms with Crippen LogP contribution in [0.2, 0.25) is 5.02 Å². The Morgan fingerprint density at radius 1 is 1.69 bits per heavy atom. The van der Waals surface area contributed by atoms with E-state index in [1.54, 1.807) is 12.3 Å². The topological polar surface area (TPSA) is 48.9 Å². The van der Waals surface area contributed by atoms with Gasteiger partial charge < -0.3 is 15.1 Å². The Labute approximate surface area is 100 Å². The zero-order valence-electron chi connectivity index (χ0n) is 9.43. The summed E-state index contributed by atoms with van der Waals surface area (Å²) in [6, 6.07) is 1.79. The second-order valence-electron chi connectivity index (χ2n) is 3.33. The van der Waals surface area contributed by atoms with Gasteiger partial charge in [0.2, 0.25) is 0 Å². The standard InChI is InChI=1S/C12H15ClN2O/c1-4-16-11(6-14)12(8(2)3)10-5-9(13)7-15-10/h5-7,14-15H,2,4H2,1,3H3/b12-11+,14-6?. The summed E-state index contributed by atoms with van der Waals surface area (Å²) < 4.78 is 5.39. The van der Waals surface area contributed by atoms with Gasteiger partial charge in [-0.05, 0) is 25.5 Å². The van der Waals surface area contributed by atoms with Crippen LogP contribution >= 0.6 is 11.6 Å². The molecular weight excluding hydrogens is 224 g/mol. The molecule has 86 valence electrons. The van der Waals surface area contributed by atoms with Crippen LogP contribution in [-0.4, -0.2) is 17.8 Å². The van der Waals surface area contributed by atoms with E-state index in [9.17, 15) is 0 Å². The molecular formula is C12H15ClN2O. The molecule has 4 heteroatoms. The molecule has 16 heavy (non-hydrogen) atoms. The third-order valence-corrected chi connectivity index (χ3v) is 2.24. The molecule has 3 nitrogen and oxygen atoms in total. The van der Waals surface area contributed by atoms with Gasteiger partial charge in [0.1, 0.15) is 5.76 Å². The van der Waals surface area contributed by atoms with Gasteiger partial charge in [0.15, 0.2) is 0 Å². The summed E-state index contributed by atoms with van der Waals surface area (Å²) in [5.74, 6) is 0.494. The van der Waals surface area contributed by atoms with Crippen LogP contribution in [0.4, 0.5) is 0 Å². The van der Waals surface area contributed by atoms with Gasteiger partial charge in [-0.25, -0.2) is 0 Å². The highest BCUT2D eigenvalue weighted by atomic mass is 35.5. The Hall–Kier alpha value is -1.48. The summed E-state index contributed by atoms with van der Waals surface area (Å²) in [4.78, 5) is 3.03. The average molecular weight is 239 g/mol. The molecule has 0 bridgehead atoms. The fourth-order valence-corrected chi connectivity index (χ4v) is 1.59. The first-order valence-corrected chi connectivity index (χ1v) is 5.35. The molecule has 0 aliphatic rings. The Morgan fingerprint density at radius 2 is 2.38 bits per heavy atom. The molecule has 1 aromatic rings. The maximum absolute atomic E-state index is 7.35. The fraction of sp³-hybridized carbons (Fsp3) is 0.250. The lowest BCUT2D eigenvalue weighted by Gasteiger charge is -2.11. The van der Waals surface area contributed by atoms with E-state index >= 15 is 0 Å². The zero-order valence-corrected chi connectivity index (χ0v) is 10.2. The third-order valence-electron chi connectivity index (χ3n) is 2.02. The highest BCUT2D eigenvalue weighted by Gasteiger charge is 2.11. The molecule has 1 heterocycles. The van der Waals surface area contributed by atoms with Crippen molar-refractivity contribution in [2.45, 2.75) is 13.8 Å². The summed E-state index contributed by atoms with van der Waals surface area (Å²) >= 11 is 5.85. The number of H-pyrrole nitrogens is 1. The minimum atomic E-state index is 0.494. The van der Waals surface area contributed by atoms with Crippen molar-refractivity contribution < 1.29 is 4.74 Å². The Kier molecular flexibility index (Phi) is 4.38. The van der Waals surface area contributed by atoms with Crippen molar-refractivity contribution in [2.24, 2.45) is 0 Å². The largest absolute Gasteiger partial charge is 0.492 e. The van der Waals surface area contributed by atoms with Gasteiger partial charge in [0.25, 0.3) is 0 Å². The molecule has 1 rings (SSSR count). The summed E-state index contributed by atoms with van der Waals surface area (Å²) in [5, 5.41) is 7.97. The Balaban J connectivity index is 3.26. The maximum Gasteiger partial charge on any atom is 0.146 e. The Morgan fingerprint density at radius 3 is 2.75 bits per heavy atom. The van der Waals surface area contributed by atoms with Crippen LogP contribution in [0.1, 0.15) is 19.5 Å². The summed E-state index contributed by atoms with van der Waals surface area (Å²) in [5.41, 5.74) is 2.42. The van der Waals surface area contributed by atoms with Crippen molar-refractivity contribution in [1.29, 1.82) is 5.41 Å². The molecule has 1 aromatic heterocycles. The molecule has 0 atom stereocenters. The van der Waals surface area contributed by atoms with Crippen LogP contribution in [0.25, 0.3) is 5.57 Å². The maximum atomic E-state index is 7.35. The Bertz CT molecular complexity index is 432. The van der Waals surface area contributed by atoms with E-state index < -0.39 is 0 Å². The predicted molar refractivity (Wildman–Crippen MR) is 67.9 cm³/mol. The van der Waals surface area contributed by atoms with Crippen molar-refractivity contribution in [3.8, 4) is 0 Å². The van der Waals surface area contributed by atoms with Crippen molar-refractivity contribution in [2.75, 3.05) is 6.61 Å². The second kappa shape index (κ2) is 5.56. The predicted octanol–water partition coefficient (Wildman–Crippen LogP) is 3.64. The first kappa shape index (κ1) is 12.6. The monoisotopic (exact) mass is 238 g/mol. The average Bonchev–Trinajstić information content (AvgIpc) is 2.63. The molecule has 0 amide bonds. The normalized spacial score (nSPS) is 11.9. The SMILES string of the molecule is C=C(C)/C(=C(/C=N)OCC)c1cc(Cl)c[nH]1. The van der Waals surface area contributed by atoms with Crippen LogP contribution < -0.4 is 0 Å². The molecule has 0 fully saturated rings. The fourth-order valence-electron chi connectivity index (χ4n) is 1.43. The van der Waals surface area contributed by atoms with Gasteiger partial charge >= 0.3 is 0 Å². The number of ether oxygens (including phenoxy) is 1. The molecule has 0 unspecified atom stereocenters. The van der Waals surface area contributed by atoms with Crippen LogP contribution in [0.3, 0.4) is 0 Å².